The minimum absolute atomic E-state index is 0. The average molecular weight is 801 g/mol. The van der Waals surface area contributed by atoms with E-state index in [-0.39, 0.29) is 22.1 Å². The molecule has 0 saturated heterocycles. The number of nitrogens with zero attached hydrogens (tertiary/aromatic N) is 4. The van der Waals surface area contributed by atoms with Crippen molar-refractivity contribution in [3.63, 3.8) is 0 Å². The highest BCUT2D eigenvalue weighted by atomic mass is 32.2. The second-order valence-corrected chi connectivity index (χ2v) is 18.5. The van der Waals surface area contributed by atoms with Crippen LogP contribution in [0.2, 0.25) is 0 Å². The Labute approximate surface area is 324 Å². The van der Waals surface area contributed by atoms with Gasteiger partial charge in [0.15, 0.2) is 0 Å². The zero-order chi connectivity index (χ0) is 39.5. The van der Waals surface area contributed by atoms with Gasteiger partial charge in [-0.25, -0.2) is 24.8 Å². The summed E-state index contributed by atoms with van der Waals surface area (Å²) in [5, 5.41) is 18.6. The molecule has 0 fully saturated rings. The van der Waals surface area contributed by atoms with Crippen LogP contribution in [0.15, 0.2) is 118 Å². The molecular formula is C41H44N4O7S3. The maximum absolute atomic E-state index is 12.9. The van der Waals surface area contributed by atoms with E-state index in [9.17, 15) is 30.5 Å². The molecule has 14 heteroatoms. The summed E-state index contributed by atoms with van der Waals surface area (Å²) in [4.78, 5) is 0.475. The lowest BCUT2D eigenvalue weighted by Gasteiger charge is -2.28. The van der Waals surface area contributed by atoms with Crippen LogP contribution >= 0.6 is 0 Å². The van der Waals surface area contributed by atoms with Gasteiger partial charge in [0, 0.05) is 29.3 Å². The third kappa shape index (κ3) is 9.01. The van der Waals surface area contributed by atoms with Gasteiger partial charge in [-0.2, -0.15) is 18.9 Å². The molecule has 5 aromatic rings. The van der Waals surface area contributed by atoms with Crippen molar-refractivity contribution in [3.8, 4) is 12.1 Å². The van der Waals surface area contributed by atoms with Crippen molar-refractivity contribution in [2.45, 2.75) is 87.3 Å². The SMILES string of the molecule is C.Cc1ccc(S(=O)(=O)O)cc1.Cc1ccc(S(=O)(=O)n2ccc3c2CCC=C3C#N)cc1.Cc1ccc(S(=O)(=O)n2ccc3c2CCCC3(C)C#N)cc1. The smallest absolute Gasteiger partial charge is 0.282 e. The number of rotatable bonds is 5. The van der Waals surface area contributed by atoms with Gasteiger partial charge >= 0.3 is 0 Å². The highest BCUT2D eigenvalue weighted by molar-refractivity contribution is 7.90. The minimum Gasteiger partial charge on any atom is -0.282 e. The average Bonchev–Trinajstić information content (AvgIpc) is 3.79. The summed E-state index contributed by atoms with van der Waals surface area (Å²) in [6.45, 7) is 7.56. The largest absolute Gasteiger partial charge is 0.294 e. The lowest BCUT2D eigenvalue weighted by atomic mass is 9.75. The molecule has 1 atom stereocenters. The molecule has 288 valence electrons. The van der Waals surface area contributed by atoms with Gasteiger partial charge in [-0.1, -0.05) is 66.6 Å². The standard InChI is InChI=1S/C17H18N2O2S.C16H14N2O2S.C7H8O3S.CH4/c1-13-5-7-14(8-6-13)22(20,21)19-11-9-15-16(19)4-3-10-17(15,2)12-18;1-12-5-7-14(8-6-12)21(19,20)18-10-9-15-13(11-17)3-2-4-16(15)18;1-6-2-4-7(5-3-6)11(8,9)10;/h5-9,11H,3-4,10H2,1-2H3;3,5-10H,2,4H2,1H3;2-5H,1H3,(H,8,9,10);1H4. The molecule has 1 N–H and O–H groups in total. The van der Waals surface area contributed by atoms with Gasteiger partial charge in [-0.05, 0) is 114 Å². The van der Waals surface area contributed by atoms with E-state index in [0.717, 1.165) is 46.4 Å². The van der Waals surface area contributed by atoms with Crippen LogP contribution in [0.5, 0.6) is 0 Å². The molecule has 0 amide bonds. The van der Waals surface area contributed by atoms with E-state index in [1.807, 2.05) is 33.8 Å². The van der Waals surface area contributed by atoms with Gasteiger partial charge in [-0.3, -0.25) is 4.55 Å². The first-order valence-electron chi connectivity index (χ1n) is 17.0. The normalized spacial score (nSPS) is 16.2. The van der Waals surface area contributed by atoms with E-state index in [1.165, 1.54) is 26.3 Å². The summed E-state index contributed by atoms with van der Waals surface area (Å²) in [5.41, 5.74) is 5.94. The van der Waals surface area contributed by atoms with Crippen LogP contribution in [0.25, 0.3) is 5.57 Å². The Morgan fingerprint density at radius 1 is 0.655 bits per heavy atom. The molecule has 7 rings (SSSR count). The van der Waals surface area contributed by atoms with Crippen LogP contribution < -0.4 is 0 Å². The Bertz CT molecular complexity index is 2630. The molecule has 0 bridgehead atoms. The number of benzene rings is 3. The van der Waals surface area contributed by atoms with E-state index in [1.54, 1.807) is 79.0 Å². The zero-order valence-corrected chi connectivity index (χ0v) is 32.7. The fraction of sp³-hybridized carbons (Fsp3) is 0.268. The van der Waals surface area contributed by atoms with Crippen molar-refractivity contribution in [1.82, 2.24) is 7.94 Å². The van der Waals surface area contributed by atoms with E-state index in [0.29, 0.717) is 30.5 Å². The molecule has 0 saturated carbocycles. The zero-order valence-electron chi connectivity index (χ0n) is 30.3. The Balaban J connectivity index is 0.000000192. The van der Waals surface area contributed by atoms with Crippen molar-refractivity contribution < 1.29 is 29.8 Å². The topological polar surface area (TPSA) is 180 Å². The number of allylic oxidation sites excluding steroid dienone is 2. The molecule has 0 spiro atoms. The molecule has 1 unspecified atom stereocenters. The third-order valence-electron chi connectivity index (χ3n) is 9.45. The molecule has 2 aliphatic carbocycles. The fourth-order valence-corrected chi connectivity index (χ4v) is 9.67. The van der Waals surface area contributed by atoms with Gasteiger partial charge in [0.1, 0.15) is 0 Å². The highest BCUT2D eigenvalue weighted by Gasteiger charge is 2.36. The van der Waals surface area contributed by atoms with Crippen LogP contribution in [0, 0.1) is 43.4 Å². The third-order valence-corrected chi connectivity index (χ3v) is 13.8. The van der Waals surface area contributed by atoms with E-state index in [4.69, 9.17) is 9.81 Å². The maximum atomic E-state index is 12.9. The van der Waals surface area contributed by atoms with E-state index >= 15 is 0 Å². The van der Waals surface area contributed by atoms with Crippen LogP contribution in [0.3, 0.4) is 0 Å². The molecule has 2 aliphatic rings. The molecule has 11 nitrogen and oxygen atoms in total. The van der Waals surface area contributed by atoms with Gasteiger partial charge < -0.3 is 0 Å². The Morgan fingerprint density at radius 2 is 1.11 bits per heavy atom. The first-order valence-corrected chi connectivity index (χ1v) is 21.4. The van der Waals surface area contributed by atoms with Crippen molar-refractivity contribution >= 4 is 35.7 Å². The second-order valence-electron chi connectivity index (χ2n) is 13.4. The summed E-state index contributed by atoms with van der Waals surface area (Å²) in [5.74, 6) is 0. The van der Waals surface area contributed by atoms with Crippen molar-refractivity contribution in [2.75, 3.05) is 0 Å². The summed E-state index contributed by atoms with van der Waals surface area (Å²) < 4.78 is 83.4. The van der Waals surface area contributed by atoms with Gasteiger partial charge in [-0.15, -0.1) is 0 Å². The molecule has 3 aromatic carbocycles. The predicted molar refractivity (Wildman–Crippen MR) is 212 cm³/mol. The van der Waals surface area contributed by atoms with Gasteiger partial charge in [0.05, 0.1) is 37.8 Å². The molecule has 2 aromatic heterocycles. The summed E-state index contributed by atoms with van der Waals surface area (Å²) >= 11 is 0. The molecule has 0 aliphatic heterocycles. The number of aryl methyl sites for hydroxylation is 3. The Morgan fingerprint density at radius 3 is 1.56 bits per heavy atom. The van der Waals surface area contributed by atoms with Crippen molar-refractivity contribution in [3.05, 3.63) is 143 Å². The number of fused-ring (bicyclic) bond motifs is 2. The number of nitriles is 2. The van der Waals surface area contributed by atoms with Crippen LogP contribution in [0.4, 0.5) is 0 Å². The molecule has 0 radical (unpaired) electrons. The van der Waals surface area contributed by atoms with Crippen LogP contribution in [0.1, 0.15) is 72.8 Å². The lowest BCUT2D eigenvalue weighted by Crippen LogP contribution is -2.27. The number of aromatic nitrogens is 2. The molecule has 2 heterocycles. The maximum Gasteiger partial charge on any atom is 0.294 e. The van der Waals surface area contributed by atoms with Gasteiger partial charge in [0.2, 0.25) is 0 Å². The number of hydrogen-bond donors (Lipinski definition) is 1. The first kappa shape index (κ1) is 42.5. The van der Waals surface area contributed by atoms with E-state index < -0.39 is 35.6 Å². The van der Waals surface area contributed by atoms with Gasteiger partial charge in [0.25, 0.3) is 30.2 Å². The van der Waals surface area contributed by atoms with Crippen LogP contribution in [-0.2, 0) is 48.4 Å². The highest BCUT2D eigenvalue weighted by Crippen LogP contribution is 2.38. The summed E-state index contributed by atoms with van der Waals surface area (Å²) in [6, 6.07) is 27.6. The quantitative estimate of drug-likeness (QED) is 0.173. The Hall–Kier alpha value is -5.25. The fourth-order valence-electron chi connectivity index (χ4n) is 6.37. The number of hydrogen-bond acceptors (Lipinski definition) is 8. The van der Waals surface area contributed by atoms with Crippen LogP contribution in [-0.4, -0.2) is 37.8 Å². The minimum atomic E-state index is -4.02. The molecule has 55 heavy (non-hydrogen) atoms. The van der Waals surface area contributed by atoms with Crippen molar-refractivity contribution in [2.24, 2.45) is 0 Å². The monoisotopic (exact) mass is 800 g/mol. The lowest BCUT2D eigenvalue weighted by molar-refractivity contribution is 0.483. The van der Waals surface area contributed by atoms with Crippen molar-refractivity contribution in [1.29, 1.82) is 10.5 Å². The predicted octanol–water partition coefficient (Wildman–Crippen LogP) is 7.92. The first-order chi connectivity index (χ1) is 25.4. The molecular weight excluding hydrogens is 757 g/mol. The Kier molecular flexibility index (Phi) is 12.8. The van der Waals surface area contributed by atoms with E-state index in [2.05, 4.69) is 12.1 Å². The second kappa shape index (κ2) is 16.6. The summed E-state index contributed by atoms with van der Waals surface area (Å²) in [6.07, 6.45) is 8.56. The summed E-state index contributed by atoms with van der Waals surface area (Å²) in [7, 11) is -11.2.